The van der Waals surface area contributed by atoms with E-state index in [1.165, 1.54) is 24.2 Å². The highest BCUT2D eigenvalue weighted by atomic mass is 32.1. The molecule has 0 aromatic carbocycles. The molecular formula is C23H28N6O2S. The van der Waals surface area contributed by atoms with Crippen LogP contribution >= 0.6 is 11.3 Å². The van der Waals surface area contributed by atoms with E-state index in [-0.39, 0.29) is 6.03 Å². The number of carbonyl (C=O) groups is 1. The molecule has 2 amide bonds. The van der Waals surface area contributed by atoms with Crippen molar-refractivity contribution in [3.8, 4) is 10.6 Å². The second kappa shape index (κ2) is 11.1. The number of amides is 2. The van der Waals surface area contributed by atoms with Gasteiger partial charge < -0.3 is 4.74 Å². The van der Waals surface area contributed by atoms with Crippen molar-refractivity contribution in [3.63, 3.8) is 0 Å². The molecule has 1 aliphatic heterocycles. The Morgan fingerprint density at radius 3 is 2.88 bits per heavy atom. The van der Waals surface area contributed by atoms with Crippen LogP contribution in [0, 0.1) is 5.92 Å². The number of thiazole rings is 1. The van der Waals surface area contributed by atoms with Crippen LogP contribution in [-0.2, 0) is 11.3 Å². The minimum absolute atomic E-state index is 0.365. The number of nitrogens with zero attached hydrogens (tertiary/aromatic N) is 4. The van der Waals surface area contributed by atoms with Crippen LogP contribution in [0.5, 0.6) is 0 Å². The van der Waals surface area contributed by atoms with Crippen LogP contribution in [0.1, 0.15) is 25.5 Å². The molecule has 9 heteroatoms. The van der Waals surface area contributed by atoms with E-state index in [4.69, 9.17) is 4.74 Å². The third-order valence-corrected chi connectivity index (χ3v) is 6.16. The SMILES string of the molecule is CCOCC1CCCN(Cc2cccc(NC(=O)Nc3csc(-c4ccncc4)n3)n2)C1. The van der Waals surface area contributed by atoms with Crippen molar-refractivity contribution in [1.29, 1.82) is 0 Å². The second-order valence-corrected chi connectivity index (χ2v) is 8.63. The summed E-state index contributed by atoms with van der Waals surface area (Å²) in [5.74, 6) is 1.60. The zero-order valence-electron chi connectivity index (χ0n) is 18.2. The summed E-state index contributed by atoms with van der Waals surface area (Å²) in [6.07, 6.45) is 5.83. The van der Waals surface area contributed by atoms with Gasteiger partial charge in [0.2, 0.25) is 0 Å². The Bertz CT molecular complexity index is 1010. The predicted molar refractivity (Wildman–Crippen MR) is 127 cm³/mol. The molecule has 0 aliphatic carbocycles. The molecule has 2 N–H and O–H groups in total. The first-order valence-corrected chi connectivity index (χ1v) is 11.8. The Labute approximate surface area is 192 Å². The van der Waals surface area contributed by atoms with Gasteiger partial charge in [0.1, 0.15) is 16.6 Å². The van der Waals surface area contributed by atoms with E-state index in [0.29, 0.717) is 17.6 Å². The minimum atomic E-state index is -0.365. The molecule has 4 rings (SSSR count). The molecule has 168 valence electrons. The van der Waals surface area contributed by atoms with E-state index in [1.54, 1.807) is 18.5 Å². The summed E-state index contributed by atoms with van der Waals surface area (Å²) in [6.45, 7) is 6.46. The first-order valence-electron chi connectivity index (χ1n) is 10.9. The molecule has 1 unspecified atom stereocenters. The minimum Gasteiger partial charge on any atom is -0.381 e. The molecule has 1 atom stereocenters. The standard InChI is InChI=1S/C23H28N6O2S/c1-2-31-15-17-5-4-12-29(13-17)14-19-6-3-7-20(25-19)27-23(30)28-21-16-32-22(26-21)18-8-10-24-11-9-18/h3,6-11,16-17H,2,4-5,12-15H2,1H3,(H2,25,27,28,30). The van der Waals surface area contributed by atoms with Crippen molar-refractivity contribution in [3.05, 3.63) is 53.8 Å². The molecule has 1 fully saturated rings. The van der Waals surface area contributed by atoms with Crippen molar-refractivity contribution < 1.29 is 9.53 Å². The lowest BCUT2D eigenvalue weighted by Crippen LogP contribution is -2.37. The van der Waals surface area contributed by atoms with Gasteiger partial charge in [-0.2, -0.15) is 0 Å². The van der Waals surface area contributed by atoms with E-state index in [9.17, 15) is 4.79 Å². The third-order valence-electron chi connectivity index (χ3n) is 5.27. The highest BCUT2D eigenvalue weighted by Gasteiger charge is 2.20. The number of likely N-dealkylation sites (tertiary alicyclic amines) is 1. The Balaban J connectivity index is 1.31. The van der Waals surface area contributed by atoms with E-state index in [1.807, 2.05) is 36.6 Å². The molecule has 1 aliphatic rings. The van der Waals surface area contributed by atoms with Crippen LogP contribution in [0.25, 0.3) is 10.6 Å². The van der Waals surface area contributed by atoms with Crippen LogP contribution in [-0.4, -0.2) is 52.2 Å². The highest BCUT2D eigenvalue weighted by Crippen LogP contribution is 2.25. The van der Waals surface area contributed by atoms with Gasteiger partial charge in [0, 0.05) is 43.0 Å². The van der Waals surface area contributed by atoms with Crippen molar-refractivity contribution in [2.75, 3.05) is 36.9 Å². The number of anilines is 2. The summed E-state index contributed by atoms with van der Waals surface area (Å²) in [5, 5.41) is 8.22. The summed E-state index contributed by atoms with van der Waals surface area (Å²) in [6, 6.07) is 9.12. The van der Waals surface area contributed by atoms with Crippen LogP contribution in [0.2, 0.25) is 0 Å². The van der Waals surface area contributed by atoms with Crippen LogP contribution in [0.3, 0.4) is 0 Å². The van der Waals surface area contributed by atoms with Gasteiger partial charge in [0.05, 0.1) is 12.3 Å². The zero-order chi connectivity index (χ0) is 22.2. The summed E-state index contributed by atoms with van der Waals surface area (Å²) in [4.78, 5) is 28.0. The van der Waals surface area contributed by atoms with E-state index >= 15 is 0 Å². The van der Waals surface area contributed by atoms with Crippen molar-refractivity contribution in [2.45, 2.75) is 26.3 Å². The van der Waals surface area contributed by atoms with Crippen molar-refractivity contribution in [1.82, 2.24) is 19.9 Å². The van der Waals surface area contributed by atoms with Crippen LogP contribution < -0.4 is 10.6 Å². The smallest absolute Gasteiger partial charge is 0.326 e. The Morgan fingerprint density at radius 1 is 1.19 bits per heavy atom. The fraction of sp³-hybridized carbons (Fsp3) is 0.391. The molecule has 4 heterocycles. The first-order chi connectivity index (χ1) is 15.7. The molecule has 0 spiro atoms. The highest BCUT2D eigenvalue weighted by molar-refractivity contribution is 7.13. The Morgan fingerprint density at radius 2 is 2.03 bits per heavy atom. The van der Waals surface area contributed by atoms with Crippen LogP contribution in [0.15, 0.2) is 48.1 Å². The van der Waals surface area contributed by atoms with Gasteiger partial charge in [-0.3, -0.25) is 20.5 Å². The molecule has 3 aromatic heterocycles. The van der Waals surface area contributed by atoms with Crippen LogP contribution in [0.4, 0.5) is 16.4 Å². The number of pyridine rings is 2. The molecule has 8 nitrogen and oxygen atoms in total. The number of nitrogens with one attached hydrogen (secondary N) is 2. The first kappa shape index (κ1) is 22.3. The van der Waals surface area contributed by atoms with E-state index < -0.39 is 0 Å². The topological polar surface area (TPSA) is 92.3 Å². The second-order valence-electron chi connectivity index (χ2n) is 7.77. The average Bonchev–Trinajstić information content (AvgIpc) is 3.27. The van der Waals surface area contributed by atoms with Gasteiger partial charge in [-0.1, -0.05) is 6.07 Å². The fourth-order valence-electron chi connectivity index (χ4n) is 3.80. The summed E-state index contributed by atoms with van der Waals surface area (Å²) in [7, 11) is 0. The molecule has 32 heavy (non-hydrogen) atoms. The number of rotatable bonds is 8. The van der Waals surface area contributed by atoms with Gasteiger partial charge in [-0.25, -0.2) is 14.8 Å². The normalized spacial score (nSPS) is 16.6. The number of hydrogen-bond acceptors (Lipinski definition) is 7. The monoisotopic (exact) mass is 452 g/mol. The fourth-order valence-corrected chi connectivity index (χ4v) is 4.56. The maximum Gasteiger partial charge on any atom is 0.326 e. The lowest BCUT2D eigenvalue weighted by atomic mass is 9.99. The largest absolute Gasteiger partial charge is 0.381 e. The number of urea groups is 1. The number of carbonyl (C=O) groups excluding carboxylic acids is 1. The molecule has 0 radical (unpaired) electrons. The number of hydrogen-bond donors (Lipinski definition) is 2. The maximum absolute atomic E-state index is 12.4. The molecule has 3 aromatic rings. The zero-order valence-corrected chi connectivity index (χ0v) is 19.0. The Hall–Kier alpha value is -2.88. The number of aromatic nitrogens is 3. The molecule has 0 bridgehead atoms. The van der Waals surface area contributed by atoms with Crippen molar-refractivity contribution in [2.24, 2.45) is 5.92 Å². The molecule has 0 saturated carbocycles. The van der Waals surface area contributed by atoms with Gasteiger partial charge in [-0.05, 0) is 56.5 Å². The summed E-state index contributed by atoms with van der Waals surface area (Å²) >= 11 is 1.47. The summed E-state index contributed by atoms with van der Waals surface area (Å²) < 4.78 is 5.61. The van der Waals surface area contributed by atoms with E-state index in [2.05, 4.69) is 30.5 Å². The number of piperidine rings is 1. The summed E-state index contributed by atoms with van der Waals surface area (Å²) in [5.41, 5.74) is 1.91. The number of ether oxygens (including phenoxy) is 1. The average molecular weight is 453 g/mol. The molecular weight excluding hydrogens is 424 g/mol. The van der Waals surface area contributed by atoms with Crippen molar-refractivity contribution >= 4 is 29.0 Å². The van der Waals surface area contributed by atoms with Gasteiger partial charge >= 0.3 is 6.03 Å². The lowest BCUT2D eigenvalue weighted by molar-refractivity contribution is 0.0643. The quantitative estimate of drug-likeness (QED) is 0.523. The third kappa shape index (κ3) is 6.32. The predicted octanol–water partition coefficient (Wildman–Crippen LogP) is 4.49. The molecule has 1 saturated heterocycles. The lowest BCUT2D eigenvalue weighted by Gasteiger charge is -2.32. The van der Waals surface area contributed by atoms with Gasteiger partial charge in [0.15, 0.2) is 0 Å². The van der Waals surface area contributed by atoms with Gasteiger partial charge in [0.25, 0.3) is 0 Å². The van der Waals surface area contributed by atoms with Gasteiger partial charge in [-0.15, -0.1) is 11.3 Å². The Kier molecular flexibility index (Phi) is 7.76. The van der Waals surface area contributed by atoms with E-state index in [0.717, 1.165) is 49.1 Å². The maximum atomic E-state index is 12.4.